The predicted molar refractivity (Wildman–Crippen MR) is 95.3 cm³/mol. The maximum Gasteiger partial charge on any atom is 0.331 e. The van der Waals surface area contributed by atoms with Crippen LogP contribution in [-0.4, -0.2) is 68.4 Å². The molecule has 0 amide bonds. The van der Waals surface area contributed by atoms with Crippen LogP contribution in [0.3, 0.4) is 0 Å². The molecule has 7 nitrogen and oxygen atoms in total. The van der Waals surface area contributed by atoms with Crippen LogP contribution in [0.5, 0.6) is 0 Å². The quantitative estimate of drug-likeness (QED) is 0.319. The van der Waals surface area contributed by atoms with Crippen LogP contribution in [0.25, 0.3) is 0 Å². The molecule has 0 rings (SSSR count). The number of halogens is 2. The van der Waals surface area contributed by atoms with E-state index in [4.69, 9.17) is 25.2 Å². The van der Waals surface area contributed by atoms with Crippen molar-refractivity contribution < 1.29 is 34.8 Å². The third-order valence-corrected chi connectivity index (χ3v) is 3.16. The van der Waals surface area contributed by atoms with Gasteiger partial charge in [0.2, 0.25) is 0 Å². The van der Waals surface area contributed by atoms with Gasteiger partial charge in [0.1, 0.15) is 0 Å². The first-order valence-corrected chi connectivity index (χ1v) is 8.62. The number of aliphatic hydroxyl groups is 2. The van der Waals surface area contributed by atoms with Crippen LogP contribution >= 0.6 is 31.9 Å². The van der Waals surface area contributed by atoms with Crippen molar-refractivity contribution in [1.29, 1.82) is 0 Å². The predicted octanol–water partition coefficient (Wildman–Crippen LogP) is 1.81. The van der Waals surface area contributed by atoms with Crippen LogP contribution in [-0.2, 0) is 14.3 Å². The Morgan fingerprint density at radius 2 is 1.39 bits per heavy atom. The van der Waals surface area contributed by atoms with Gasteiger partial charge in [-0.05, 0) is 13.8 Å². The second-order valence-electron chi connectivity index (χ2n) is 4.26. The summed E-state index contributed by atoms with van der Waals surface area (Å²) in [6.07, 6.45) is -0.612. The van der Waals surface area contributed by atoms with Crippen LogP contribution < -0.4 is 0 Å². The molecular weight excluding hydrogens is 440 g/mol. The number of aliphatic carboxylic acids is 2. The van der Waals surface area contributed by atoms with E-state index in [1.807, 2.05) is 0 Å². The summed E-state index contributed by atoms with van der Waals surface area (Å²) in [5.74, 6) is -1.89. The highest BCUT2D eigenvalue weighted by Crippen LogP contribution is 1.94. The molecule has 0 aliphatic carbocycles. The van der Waals surface area contributed by atoms with E-state index in [1.54, 1.807) is 13.8 Å². The number of ether oxygens (including phenoxy) is 1. The molecule has 2 atom stereocenters. The van der Waals surface area contributed by atoms with Crippen molar-refractivity contribution in [1.82, 2.24) is 0 Å². The van der Waals surface area contributed by atoms with Crippen molar-refractivity contribution in [2.75, 3.05) is 23.9 Å². The molecule has 0 spiro atoms. The van der Waals surface area contributed by atoms with Crippen molar-refractivity contribution in [3.8, 4) is 0 Å². The molecule has 0 aliphatic rings. The molecule has 136 valence electrons. The van der Waals surface area contributed by atoms with Crippen molar-refractivity contribution in [2.45, 2.75) is 26.1 Å². The molecule has 0 aromatic heterocycles. The van der Waals surface area contributed by atoms with Crippen LogP contribution in [0, 0.1) is 0 Å². The molecule has 0 heterocycles. The third kappa shape index (κ3) is 23.7. The topological polar surface area (TPSA) is 124 Å². The second kappa shape index (κ2) is 17.6. The van der Waals surface area contributed by atoms with Gasteiger partial charge >= 0.3 is 11.9 Å². The Morgan fingerprint density at radius 1 is 1.04 bits per heavy atom. The summed E-state index contributed by atoms with van der Waals surface area (Å²) in [7, 11) is 0. The molecule has 0 bridgehead atoms. The van der Waals surface area contributed by atoms with E-state index in [-0.39, 0.29) is 23.9 Å². The minimum atomic E-state index is -0.947. The maximum atomic E-state index is 9.80. The minimum absolute atomic E-state index is 0.00667. The highest BCUT2D eigenvalue weighted by molar-refractivity contribution is 9.09. The number of carboxylic acid groups (broad SMARTS) is 2. The number of carbonyl (C=O) groups is 2. The lowest BCUT2D eigenvalue weighted by Crippen LogP contribution is -2.19. The minimum Gasteiger partial charge on any atom is -0.478 e. The summed E-state index contributed by atoms with van der Waals surface area (Å²) in [5, 5.41) is 33.9. The Morgan fingerprint density at radius 3 is 1.52 bits per heavy atom. The van der Waals surface area contributed by atoms with Gasteiger partial charge < -0.3 is 25.2 Å². The first kappa shape index (κ1) is 27.1. The zero-order valence-corrected chi connectivity index (χ0v) is 16.3. The van der Waals surface area contributed by atoms with E-state index in [0.29, 0.717) is 17.3 Å². The number of hydrogen-bond donors (Lipinski definition) is 4. The Bertz CT molecular complexity index is 344. The molecule has 23 heavy (non-hydrogen) atoms. The molecule has 4 N–H and O–H groups in total. The third-order valence-electron chi connectivity index (χ3n) is 1.81. The summed E-state index contributed by atoms with van der Waals surface area (Å²) in [6.45, 7) is 10.1. The molecular formula is C14H24Br2O7. The zero-order valence-electron chi connectivity index (χ0n) is 13.2. The molecule has 9 heteroatoms. The summed E-state index contributed by atoms with van der Waals surface area (Å²) in [6, 6.07) is 0. The van der Waals surface area contributed by atoms with E-state index < -0.39 is 18.0 Å². The van der Waals surface area contributed by atoms with E-state index in [1.165, 1.54) is 0 Å². The molecule has 0 radical (unpaired) electrons. The smallest absolute Gasteiger partial charge is 0.331 e. The molecule has 0 aromatic rings. The van der Waals surface area contributed by atoms with E-state index in [2.05, 4.69) is 45.0 Å². The Hall–Kier alpha value is -0.740. The summed E-state index contributed by atoms with van der Waals surface area (Å²) in [4.78, 5) is 19.6. The Labute approximate surface area is 152 Å². The van der Waals surface area contributed by atoms with E-state index >= 15 is 0 Å². The molecule has 0 saturated carbocycles. The van der Waals surface area contributed by atoms with Crippen LogP contribution in [0.15, 0.2) is 24.3 Å². The number of carboxylic acids is 2. The fraction of sp³-hybridized carbons (Fsp3) is 0.571. The second-order valence-corrected chi connectivity index (χ2v) is 5.38. The van der Waals surface area contributed by atoms with Gasteiger partial charge in [-0.2, -0.15) is 0 Å². The fourth-order valence-corrected chi connectivity index (χ4v) is 0.950. The monoisotopic (exact) mass is 462 g/mol. The zero-order chi connectivity index (χ0) is 19.0. The standard InChI is InChI=1S/C6H14O3.2C4H5BrO2/c1-5(8)4-9-6(2)3-7;2*1-3(2-5)4(6)7/h5-8H,3-4H2,1-2H3;2*1-2H2,(H,6,7). The maximum absolute atomic E-state index is 9.80. The van der Waals surface area contributed by atoms with Crippen LogP contribution in [0.1, 0.15) is 13.8 Å². The van der Waals surface area contributed by atoms with Crippen LogP contribution in [0.4, 0.5) is 0 Å². The van der Waals surface area contributed by atoms with Gasteiger partial charge in [-0.25, -0.2) is 9.59 Å². The summed E-state index contributed by atoms with van der Waals surface area (Å²) < 4.78 is 4.95. The van der Waals surface area contributed by atoms with Gasteiger partial charge in [0.25, 0.3) is 0 Å². The van der Waals surface area contributed by atoms with Crippen LogP contribution in [0.2, 0.25) is 0 Å². The van der Waals surface area contributed by atoms with Gasteiger partial charge in [-0.3, -0.25) is 0 Å². The van der Waals surface area contributed by atoms with Crippen molar-refractivity contribution in [3.63, 3.8) is 0 Å². The van der Waals surface area contributed by atoms with Gasteiger partial charge in [-0.15, -0.1) is 0 Å². The lowest BCUT2D eigenvalue weighted by molar-refractivity contribution is -0.133. The molecule has 2 unspecified atom stereocenters. The molecule has 0 fully saturated rings. The Kier molecular flexibility index (Phi) is 20.8. The van der Waals surface area contributed by atoms with Gasteiger partial charge in [0.05, 0.1) is 25.4 Å². The largest absolute Gasteiger partial charge is 0.478 e. The molecule has 0 aromatic carbocycles. The number of hydrogen-bond acceptors (Lipinski definition) is 5. The van der Waals surface area contributed by atoms with Crippen molar-refractivity contribution >= 4 is 43.8 Å². The highest BCUT2D eigenvalue weighted by atomic mass is 79.9. The number of alkyl halides is 2. The average Bonchev–Trinajstić information content (AvgIpc) is 2.51. The lowest BCUT2D eigenvalue weighted by atomic mass is 10.4. The molecule has 0 aliphatic heterocycles. The normalized spacial score (nSPS) is 11.7. The summed E-state index contributed by atoms with van der Waals surface area (Å²) in [5.41, 5.74) is 0.361. The van der Waals surface area contributed by atoms with E-state index in [0.717, 1.165) is 0 Å². The van der Waals surface area contributed by atoms with E-state index in [9.17, 15) is 9.59 Å². The first-order valence-electron chi connectivity index (χ1n) is 6.37. The van der Waals surface area contributed by atoms with Crippen molar-refractivity contribution in [2.24, 2.45) is 0 Å². The average molecular weight is 464 g/mol. The van der Waals surface area contributed by atoms with Gasteiger partial charge in [0, 0.05) is 21.8 Å². The first-order chi connectivity index (χ1) is 10.5. The Balaban J connectivity index is -0.000000264. The lowest BCUT2D eigenvalue weighted by Gasteiger charge is -2.10. The SMILES string of the molecule is C=C(CBr)C(=O)O.C=C(CBr)C(=O)O.CC(O)COC(C)CO. The summed E-state index contributed by atoms with van der Waals surface area (Å²) >= 11 is 5.87. The van der Waals surface area contributed by atoms with Crippen molar-refractivity contribution in [3.05, 3.63) is 24.3 Å². The molecule has 0 saturated heterocycles. The fourth-order valence-electron chi connectivity index (χ4n) is 0.471. The van der Waals surface area contributed by atoms with Gasteiger partial charge in [-0.1, -0.05) is 45.0 Å². The van der Waals surface area contributed by atoms with Gasteiger partial charge in [0.15, 0.2) is 0 Å². The number of rotatable bonds is 8. The highest BCUT2D eigenvalue weighted by Gasteiger charge is 2.01. The number of aliphatic hydroxyl groups excluding tert-OH is 2.